The van der Waals surface area contributed by atoms with Gasteiger partial charge in [0.1, 0.15) is 5.82 Å². The van der Waals surface area contributed by atoms with Crippen LogP contribution in [0.4, 0.5) is 5.82 Å². The van der Waals surface area contributed by atoms with Crippen LogP contribution in [0.3, 0.4) is 0 Å². The normalized spacial score (nSPS) is 19.6. The van der Waals surface area contributed by atoms with E-state index in [0.29, 0.717) is 31.5 Å². The second-order valence-electron chi connectivity index (χ2n) is 4.93. The summed E-state index contributed by atoms with van der Waals surface area (Å²) in [4.78, 5) is 2.25. The van der Waals surface area contributed by atoms with Crippen molar-refractivity contribution in [3.05, 3.63) is 30.1 Å². The summed E-state index contributed by atoms with van der Waals surface area (Å²) in [6.07, 6.45) is 1.75. The number of rotatable bonds is 5. The molecule has 21 heavy (non-hydrogen) atoms. The quantitative estimate of drug-likeness (QED) is 0.850. The van der Waals surface area contributed by atoms with E-state index in [9.17, 15) is 0 Å². The van der Waals surface area contributed by atoms with E-state index in [-0.39, 0.29) is 6.10 Å². The molecule has 1 aliphatic rings. The Bertz CT molecular complexity index is 561. The Hall–Kier alpha value is -2.06. The fraction of sp³-hybridized carbons (Fsp3) is 0.538. The second-order valence-corrected chi connectivity index (χ2v) is 4.93. The minimum atomic E-state index is 0.102. The van der Waals surface area contributed by atoms with Gasteiger partial charge in [0.05, 0.1) is 19.3 Å². The van der Waals surface area contributed by atoms with Crippen LogP contribution in [0.5, 0.6) is 0 Å². The molecular formula is C13H18N6O2. The van der Waals surface area contributed by atoms with E-state index in [1.807, 2.05) is 12.1 Å². The fourth-order valence-electron chi connectivity index (χ4n) is 2.25. The monoisotopic (exact) mass is 290 g/mol. The minimum absolute atomic E-state index is 0.102. The molecule has 112 valence electrons. The summed E-state index contributed by atoms with van der Waals surface area (Å²) in [5.41, 5.74) is 0. The molecule has 0 aliphatic carbocycles. The largest absolute Gasteiger partial charge is 0.424 e. The second kappa shape index (κ2) is 6.59. The third kappa shape index (κ3) is 3.96. The maximum atomic E-state index is 5.75. The average Bonchev–Trinajstić information content (AvgIpc) is 2.92. The lowest BCUT2D eigenvalue weighted by atomic mass is 10.2. The minimum Gasteiger partial charge on any atom is -0.424 e. The van der Waals surface area contributed by atoms with Crippen LogP contribution >= 0.6 is 0 Å². The number of hydrogen-bond acceptors (Lipinski definition) is 8. The van der Waals surface area contributed by atoms with Crippen molar-refractivity contribution in [1.29, 1.82) is 0 Å². The molecule has 1 fully saturated rings. The Morgan fingerprint density at radius 1 is 1.38 bits per heavy atom. The van der Waals surface area contributed by atoms with E-state index in [0.717, 1.165) is 18.9 Å². The zero-order chi connectivity index (χ0) is 14.5. The van der Waals surface area contributed by atoms with E-state index >= 15 is 0 Å². The predicted octanol–water partition coefficient (Wildman–Crippen LogP) is 0.481. The number of morpholine rings is 1. The van der Waals surface area contributed by atoms with Gasteiger partial charge in [0.25, 0.3) is 0 Å². The van der Waals surface area contributed by atoms with Gasteiger partial charge >= 0.3 is 0 Å². The summed E-state index contributed by atoms with van der Waals surface area (Å²) in [7, 11) is 0. The van der Waals surface area contributed by atoms with Gasteiger partial charge in [0.2, 0.25) is 11.8 Å². The zero-order valence-corrected chi connectivity index (χ0v) is 11.9. The lowest BCUT2D eigenvalue weighted by molar-refractivity contribution is -0.0264. The molecule has 3 heterocycles. The van der Waals surface area contributed by atoms with E-state index in [1.165, 1.54) is 0 Å². The summed E-state index contributed by atoms with van der Waals surface area (Å²) in [6.45, 7) is 5.52. The van der Waals surface area contributed by atoms with Crippen molar-refractivity contribution in [2.45, 2.75) is 19.6 Å². The molecule has 0 spiro atoms. The van der Waals surface area contributed by atoms with Gasteiger partial charge in [-0.25, -0.2) is 0 Å². The molecule has 8 heteroatoms. The smallest absolute Gasteiger partial charge is 0.230 e. The first kappa shape index (κ1) is 13.9. The molecule has 0 amide bonds. The van der Waals surface area contributed by atoms with E-state index < -0.39 is 0 Å². The molecule has 1 saturated heterocycles. The highest BCUT2D eigenvalue weighted by Crippen LogP contribution is 2.10. The molecule has 0 radical (unpaired) electrons. The first-order valence-electron chi connectivity index (χ1n) is 6.94. The molecule has 1 aliphatic heterocycles. The molecule has 1 unspecified atom stereocenters. The Balaban J connectivity index is 1.49. The topological polar surface area (TPSA) is 89.2 Å². The number of anilines is 1. The highest BCUT2D eigenvalue weighted by Gasteiger charge is 2.22. The van der Waals surface area contributed by atoms with Crippen molar-refractivity contribution in [2.75, 3.05) is 31.6 Å². The van der Waals surface area contributed by atoms with Crippen LogP contribution in [-0.2, 0) is 11.3 Å². The van der Waals surface area contributed by atoms with Crippen molar-refractivity contribution in [3.8, 4) is 0 Å². The SMILES string of the molecule is Cc1nnc(CN2CCOC(CNc3cccnn3)C2)o1. The van der Waals surface area contributed by atoms with Crippen LogP contribution < -0.4 is 5.32 Å². The van der Waals surface area contributed by atoms with Gasteiger partial charge in [-0.15, -0.1) is 15.3 Å². The number of aromatic nitrogens is 4. The van der Waals surface area contributed by atoms with Crippen LogP contribution in [0.25, 0.3) is 0 Å². The van der Waals surface area contributed by atoms with Crippen molar-refractivity contribution >= 4 is 5.82 Å². The number of hydrogen-bond donors (Lipinski definition) is 1. The Labute approximate surface area is 122 Å². The molecule has 0 aromatic carbocycles. The van der Waals surface area contributed by atoms with Gasteiger partial charge < -0.3 is 14.5 Å². The van der Waals surface area contributed by atoms with E-state index in [4.69, 9.17) is 9.15 Å². The van der Waals surface area contributed by atoms with Crippen LogP contribution in [0.1, 0.15) is 11.8 Å². The maximum absolute atomic E-state index is 5.75. The van der Waals surface area contributed by atoms with E-state index in [1.54, 1.807) is 13.1 Å². The van der Waals surface area contributed by atoms with Gasteiger partial charge in [-0.1, -0.05) is 0 Å². The molecule has 8 nitrogen and oxygen atoms in total. The van der Waals surface area contributed by atoms with Crippen molar-refractivity contribution in [2.24, 2.45) is 0 Å². The molecule has 1 N–H and O–H groups in total. The molecule has 2 aromatic heterocycles. The van der Waals surface area contributed by atoms with Gasteiger partial charge in [-0.05, 0) is 12.1 Å². The summed E-state index contributed by atoms with van der Waals surface area (Å²) in [5.74, 6) is 2.00. The number of aryl methyl sites for hydroxylation is 1. The fourth-order valence-corrected chi connectivity index (χ4v) is 2.25. The van der Waals surface area contributed by atoms with E-state index in [2.05, 4.69) is 30.6 Å². The Morgan fingerprint density at radius 2 is 2.33 bits per heavy atom. The number of nitrogens with one attached hydrogen (secondary N) is 1. The van der Waals surface area contributed by atoms with Crippen molar-refractivity contribution in [1.82, 2.24) is 25.3 Å². The number of nitrogens with zero attached hydrogens (tertiary/aromatic N) is 5. The maximum Gasteiger partial charge on any atom is 0.230 e. The molecule has 0 bridgehead atoms. The van der Waals surface area contributed by atoms with Crippen molar-refractivity contribution < 1.29 is 9.15 Å². The van der Waals surface area contributed by atoms with Crippen LogP contribution in [0.15, 0.2) is 22.7 Å². The summed E-state index contributed by atoms with van der Waals surface area (Å²) >= 11 is 0. The lowest BCUT2D eigenvalue weighted by Crippen LogP contribution is -2.44. The molecule has 3 rings (SSSR count). The van der Waals surface area contributed by atoms with Crippen LogP contribution in [0, 0.1) is 6.92 Å². The molecule has 2 aromatic rings. The van der Waals surface area contributed by atoms with Gasteiger partial charge in [-0.3, -0.25) is 4.90 Å². The standard InChI is InChI=1S/C13H18N6O2/c1-10-16-18-13(21-10)9-19-5-6-20-11(8-19)7-14-12-3-2-4-15-17-12/h2-4,11H,5-9H2,1H3,(H,14,17). The van der Waals surface area contributed by atoms with Gasteiger partial charge in [0, 0.05) is 32.8 Å². The van der Waals surface area contributed by atoms with Crippen LogP contribution in [0.2, 0.25) is 0 Å². The summed E-state index contributed by atoms with van der Waals surface area (Å²) in [5, 5.41) is 18.9. The highest BCUT2D eigenvalue weighted by atomic mass is 16.5. The van der Waals surface area contributed by atoms with Gasteiger partial charge in [0.15, 0.2) is 0 Å². The predicted molar refractivity (Wildman–Crippen MR) is 74.6 cm³/mol. The van der Waals surface area contributed by atoms with Crippen molar-refractivity contribution in [3.63, 3.8) is 0 Å². The average molecular weight is 290 g/mol. The first-order chi connectivity index (χ1) is 10.3. The van der Waals surface area contributed by atoms with Gasteiger partial charge in [-0.2, -0.15) is 5.10 Å². The molecular weight excluding hydrogens is 272 g/mol. The number of ether oxygens (including phenoxy) is 1. The first-order valence-corrected chi connectivity index (χ1v) is 6.94. The molecule has 0 saturated carbocycles. The zero-order valence-electron chi connectivity index (χ0n) is 11.9. The summed E-state index contributed by atoms with van der Waals surface area (Å²) < 4.78 is 11.2. The summed E-state index contributed by atoms with van der Waals surface area (Å²) in [6, 6.07) is 3.73. The lowest BCUT2D eigenvalue weighted by Gasteiger charge is -2.32. The highest BCUT2D eigenvalue weighted by molar-refractivity contribution is 5.31. The third-order valence-electron chi connectivity index (χ3n) is 3.23. The Kier molecular flexibility index (Phi) is 4.37. The Morgan fingerprint density at radius 3 is 3.10 bits per heavy atom. The third-order valence-corrected chi connectivity index (χ3v) is 3.23. The van der Waals surface area contributed by atoms with Crippen LogP contribution in [-0.4, -0.2) is 57.6 Å². The molecule has 1 atom stereocenters.